The second-order valence-electron chi connectivity index (χ2n) is 3.52. The quantitative estimate of drug-likeness (QED) is 0.666. The summed E-state index contributed by atoms with van der Waals surface area (Å²) in [6, 6.07) is 5.45. The normalized spacial score (nSPS) is 16.1. The minimum absolute atomic E-state index is 0.102. The number of Topliss-reactive ketones (excluding diaryl/α,β-unsaturated/α-hetero) is 1. The maximum absolute atomic E-state index is 11.9. The van der Waals surface area contributed by atoms with E-state index >= 15 is 0 Å². The molecular weight excluding hydrogens is 174 g/mol. The van der Waals surface area contributed by atoms with Gasteiger partial charge in [-0.2, -0.15) is 0 Å². The van der Waals surface area contributed by atoms with Gasteiger partial charge in [0.05, 0.1) is 0 Å². The number of hydrogen-bond donors (Lipinski definition) is 0. The maximum atomic E-state index is 11.9. The molecule has 2 rings (SSSR count). The van der Waals surface area contributed by atoms with Crippen LogP contribution in [0.15, 0.2) is 36.0 Å². The van der Waals surface area contributed by atoms with E-state index < -0.39 is 0 Å². The lowest BCUT2D eigenvalue weighted by Gasteiger charge is -2.10. The molecule has 14 heavy (non-hydrogen) atoms. The van der Waals surface area contributed by atoms with Gasteiger partial charge in [-0.25, -0.2) is 0 Å². The van der Waals surface area contributed by atoms with Crippen molar-refractivity contribution in [3.05, 3.63) is 41.7 Å². The number of nitrogens with zero attached hydrogens (tertiary/aromatic N) is 1. The standard InChI is InChI=1S/C12H13NO/c14-12(10-6-2-1-3-7-10)11-8-4-5-9-13-11/h4-6,8-9H,1-3,7H2. The third-order valence-electron chi connectivity index (χ3n) is 2.48. The van der Waals surface area contributed by atoms with Crippen molar-refractivity contribution in [3.63, 3.8) is 0 Å². The lowest BCUT2D eigenvalue weighted by molar-refractivity contribution is 0.102. The Bertz CT molecular complexity index is 354. The lowest BCUT2D eigenvalue weighted by atomic mass is 9.95. The summed E-state index contributed by atoms with van der Waals surface area (Å²) in [5, 5.41) is 0. The fraction of sp³-hybridized carbons (Fsp3) is 0.333. The van der Waals surface area contributed by atoms with Gasteiger partial charge >= 0.3 is 0 Å². The van der Waals surface area contributed by atoms with E-state index in [-0.39, 0.29) is 5.78 Å². The summed E-state index contributed by atoms with van der Waals surface area (Å²) in [6.07, 6.45) is 8.00. The van der Waals surface area contributed by atoms with Crippen molar-refractivity contribution in [3.8, 4) is 0 Å². The van der Waals surface area contributed by atoms with E-state index in [4.69, 9.17) is 0 Å². The van der Waals surface area contributed by atoms with E-state index in [1.54, 1.807) is 12.3 Å². The molecule has 72 valence electrons. The summed E-state index contributed by atoms with van der Waals surface area (Å²) >= 11 is 0. The molecule has 1 aromatic rings. The molecule has 0 saturated heterocycles. The second kappa shape index (κ2) is 4.18. The van der Waals surface area contributed by atoms with Gasteiger partial charge in [-0.05, 0) is 43.4 Å². The maximum Gasteiger partial charge on any atom is 0.206 e. The first-order chi connectivity index (χ1) is 6.88. The molecule has 0 radical (unpaired) electrons. The van der Waals surface area contributed by atoms with Gasteiger partial charge in [0, 0.05) is 6.20 Å². The van der Waals surface area contributed by atoms with Crippen LogP contribution in [0.4, 0.5) is 0 Å². The minimum atomic E-state index is 0.102. The number of ketones is 1. The zero-order chi connectivity index (χ0) is 9.80. The van der Waals surface area contributed by atoms with Crippen molar-refractivity contribution in [2.45, 2.75) is 25.7 Å². The highest BCUT2D eigenvalue weighted by Gasteiger charge is 2.14. The molecule has 0 unspecified atom stereocenters. The van der Waals surface area contributed by atoms with Crippen LogP contribution in [0.5, 0.6) is 0 Å². The van der Waals surface area contributed by atoms with Crippen molar-refractivity contribution in [2.75, 3.05) is 0 Å². The summed E-state index contributed by atoms with van der Waals surface area (Å²) in [5.74, 6) is 0.102. The summed E-state index contributed by atoms with van der Waals surface area (Å²) in [4.78, 5) is 15.9. The average molecular weight is 187 g/mol. The Morgan fingerprint density at radius 3 is 2.86 bits per heavy atom. The third-order valence-corrected chi connectivity index (χ3v) is 2.48. The Balaban J connectivity index is 2.20. The second-order valence-corrected chi connectivity index (χ2v) is 3.52. The number of allylic oxidation sites excluding steroid dienone is 2. The van der Waals surface area contributed by atoms with Crippen LogP contribution in [0.3, 0.4) is 0 Å². The molecular formula is C12H13NO. The summed E-state index contributed by atoms with van der Waals surface area (Å²) in [6.45, 7) is 0. The van der Waals surface area contributed by atoms with Gasteiger partial charge in [0.25, 0.3) is 0 Å². The van der Waals surface area contributed by atoms with Gasteiger partial charge in [-0.15, -0.1) is 0 Å². The van der Waals surface area contributed by atoms with Gasteiger partial charge in [-0.1, -0.05) is 12.1 Å². The van der Waals surface area contributed by atoms with E-state index in [1.807, 2.05) is 12.1 Å². The Kier molecular flexibility index (Phi) is 2.73. The molecule has 0 fully saturated rings. The molecule has 0 N–H and O–H groups in total. The molecule has 2 nitrogen and oxygen atoms in total. The summed E-state index contributed by atoms with van der Waals surface area (Å²) in [5.41, 5.74) is 1.51. The van der Waals surface area contributed by atoms with Gasteiger partial charge in [0.1, 0.15) is 5.69 Å². The minimum Gasteiger partial charge on any atom is -0.287 e. The van der Waals surface area contributed by atoms with Crippen LogP contribution in [0, 0.1) is 0 Å². The zero-order valence-corrected chi connectivity index (χ0v) is 8.07. The Labute approximate surface area is 83.7 Å². The lowest BCUT2D eigenvalue weighted by Crippen LogP contribution is -2.07. The Hall–Kier alpha value is -1.44. The smallest absolute Gasteiger partial charge is 0.206 e. The number of carbonyl (C=O) groups excluding carboxylic acids is 1. The SMILES string of the molecule is O=C(C1=CCCCC1)c1ccccn1. The molecule has 0 aliphatic heterocycles. The third kappa shape index (κ3) is 1.90. The molecule has 0 bridgehead atoms. The van der Waals surface area contributed by atoms with Crippen LogP contribution in [0.1, 0.15) is 36.2 Å². The average Bonchev–Trinajstić information content (AvgIpc) is 2.30. The van der Waals surface area contributed by atoms with Gasteiger partial charge < -0.3 is 0 Å². The predicted octanol–water partition coefficient (Wildman–Crippen LogP) is 2.76. The summed E-state index contributed by atoms with van der Waals surface area (Å²) in [7, 11) is 0. The molecule has 1 aliphatic carbocycles. The number of carbonyl (C=O) groups is 1. The molecule has 0 atom stereocenters. The molecule has 1 aliphatic rings. The zero-order valence-electron chi connectivity index (χ0n) is 8.07. The molecule has 0 aromatic carbocycles. The number of pyridine rings is 1. The van der Waals surface area contributed by atoms with Crippen LogP contribution >= 0.6 is 0 Å². The highest BCUT2D eigenvalue weighted by molar-refractivity contribution is 6.07. The Morgan fingerprint density at radius 2 is 2.21 bits per heavy atom. The van der Waals surface area contributed by atoms with Crippen molar-refractivity contribution in [2.24, 2.45) is 0 Å². The number of rotatable bonds is 2. The van der Waals surface area contributed by atoms with E-state index in [9.17, 15) is 4.79 Å². The van der Waals surface area contributed by atoms with E-state index in [2.05, 4.69) is 11.1 Å². The van der Waals surface area contributed by atoms with Crippen molar-refractivity contribution < 1.29 is 4.79 Å². The highest BCUT2D eigenvalue weighted by Crippen LogP contribution is 2.20. The predicted molar refractivity (Wildman–Crippen MR) is 55.1 cm³/mol. The van der Waals surface area contributed by atoms with Crippen LogP contribution in [-0.4, -0.2) is 10.8 Å². The molecule has 2 heteroatoms. The largest absolute Gasteiger partial charge is 0.287 e. The number of aromatic nitrogens is 1. The van der Waals surface area contributed by atoms with Crippen molar-refractivity contribution in [1.29, 1.82) is 0 Å². The molecule has 1 aromatic heterocycles. The van der Waals surface area contributed by atoms with Gasteiger partial charge in [0.2, 0.25) is 5.78 Å². The van der Waals surface area contributed by atoms with Gasteiger partial charge in [-0.3, -0.25) is 9.78 Å². The topological polar surface area (TPSA) is 30.0 Å². The fourth-order valence-electron chi connectivity index (χ4n) is 1.71. The van der Waals surface area contributed by atoms with Crippen LogP contribution in [-0.2, 0) is 0 Å². The van der Waals surface area contributed by atoms with Gasteiger partial charge in [0.15, 0.2) is 0 Å². The molecule has 1 heterocycles. The van der Waals surface area contributed by atoms with Crippen molar-refractivity contribution in [1.82, 2.24) is 4.98 Å². The van der Waals surface area contributed by atoms with E-state index in [0.717, 1.165) is 24.8 Å². The van der Waals surface area contributed by atoms with E-state index in [0.29, 0.717) is 5.69 Å². The van der Waals surface area contributed by atoms with Crippen molar-refractivity contribution >= 4 is 5.78 Å². The fourth-order valence-corrected chi connectivity index (χ4v) is 1.71. The van der Waals surface area contributed by atoms with E-state index in [1.165, 1.54) is 6.42 Å². The first kappa shape index (κ1) is 9.13. The summed E-state index contributed by atoms with van der Waals surface area (Å²) < 4.78 is 0. The van der Waals surface area contributed by atoms with Crippen LogP contribution < -0.4 is 0 Å². The Morgan fingerprint density at radius 1 is 1.29 bits per heavy atom. The first-order valence-electron chi connectivity index (χ1n) is 5.03. The molecule has 0 saturated carbocycles. The number of hydrogen-bond acceptors (Lipinski definition) is 2. The monoisotopic (exact) mass is 187 g/mol. The van der Waals surface area contributed by atoms with Crippen LogP contribution in [0.25, 0.3) is 0 Å². The first-order valence-corrected chi connectivity index (χ1v) is 5.03. The highest BCUT2D eigenvalue weighted by atomic mass is 16.1. The molecule has 0 spiro atoms. The molecule has 0 amide bonds. The van der Waals surface area contributed by atoms with Crippen LogP contribution in [0.2, 0.25) is 0 Å².